The summed E-state index contributed by atoms with van der Waals surface area (Å²) in [5.41, 5.74) is 3.36. The number of anilines is 1. The van der Waals surface area contributed by atoms with Gasteiger partial charge in [0.1, 0.15) is 5.82 Å². The molecule has 0 saturated carbocycles. The van der Waals surface area contributed by atoms with E-state index in [1.165, 1.54) is 0 Å². The first-order valence-corrected chi connectivity index (χ1v) is 10.8. The van der Waals surface area contributed by atoms with Gasteiger partial charge in [-0.3, -0.25) is 14.2 Å². The molecule has 6 heteroatoms. The molecule has 1 aromatic heterocycles. The van der Waals surface area contributed by atoms with Crippen LogP contribution in [0.5, 0.6) is 0 Å². The highest BCUT2D eigenvalue weighted by Crippen LogP contribution is 2.37. The van der Waals surface area contributed by atoms with Crippen molar-refractivity contribution in [1.82, 2.24) is 9.55 Å². The number of hydrogen-bond donors (Lipinski definition) is 0. The van der Waals surface area contributed by atoms with E-state index in [-0.39, 0.29) is 11.5 Å². The second-order valence-electron chi connectivity index (χ2n) is 7.23. The molecule has 0 saturated heterocycles. The van der Waals surface area contributed by atoms with Crippen LogP contribution in [0, 0.1) is 0 Å². The van der Waals surface area contributed by atoms with Crippen molar-refractivity contribution in [3.63, 3.8) is 0 Å². The summed E-state index contributed by atoms with van der Waals surface area (Å²) < 4.78 is 2.48. The molecule has 1 aliphatic rings. The number of hydrogen-bond acceptors (Lipinski definition) is 3. The van der Waals surface area contributed by atoms with E-state index in [1.54, 1.807) is 21.6 Å². The smallest absolute Gasteiger partial charge is 0.266 e. The van der Waals surface area contributed by atoms with Gasteiger partial charge in [-0.15, -0.1) is 0 Å². The lowest BCUT2D eigenvalue weighted by atomic mass is 10.1. The highest BCUT2D eigenvalue weighted by molar-refractivity contribution is 9.10. The number of benzene rings is 3. The lowest BCUT2D eigenvalue weighted by Crippen LogP contribution is -2.26. The minimum absolute atomic E-state index is 0.0894. The van der Waals surface area contributed by atoms with E-state index in [0.29, 0.717) is 34.5 Å². The molecule has 3 aromatic carbocycles. The van der Waals surface area contributed by atoms with Crippen LogP contribution in [0.25, 0.3) is 28.2 Å². The number of carbonyl (C=O) groups is 1. The van der Waals surface area contributed by atoms with Gasteiger partial charge in [-0.05, 0) is 55.5 Å². The van der Waals surface area contributed by atoms with E-state index >= 15 is 0 Å². The number of aromatic nitrogens is 2. The second-order valence-corrected chi connectivity index (χ2v) is 8.14. The minimum atomic E-state index is -0.175. The lowest BCUT2D eigenvalue weighted by Gasteiger charge is -2.14. The highest BCUT2D eigenvalue weighted by Gasteiger charge is 2.31. The van der Waals surface area contributed by atoms with Crippen LogP contribution in [0.1, 0.15) is 18.3 Å². The fourth-order valence-corrected chi connectivity index (χ4v) is 4.24. The van der Waals surface area contributed by atoms with Crippen molar-refractivity contribution in [3.05, 3.63) is 99.0 Å². The van der Waals surface area contributed by atoms with Gasteiger partial charge in [0.2, 0.25) is 0 Å². The predicted octanol–water partition coefficient (Wildman–Crippen LogP) is 5.06. The molecule has 0 spiro atoms. The summed E-state index contributed by atoms with van der Waals surface area (Å²) in [6, 6.07) is 22.4. The second kappa shape index (κ2) is 7.63. The van der Waals surface area contributed by atoms with Crippen molar-refractivity contribution in [3.8, 4) is 5.69 Å². The molecule has 0 fully saturated rings. The molecule has 0 atom stereocenters. The summed E-state index contributed by atoms with van der Waals surface area (Å²) in [6.45, 7) is 2.52. The van der Waals surface area contributed by atoms with Crippen molar-refractivity contribution in [2.75, 3.05) is 11.4 Å². The van der Waals surface area contributed by atoms with Crippen molar-refractivity contribution < 1.29 is 4.79 Å². The molecule has 2 heterocycles. The van der Waals surface area contributed by atoms with E-state index in [0.717, 1.165) is 15.7 Å². The molecule has 4 aromatic rings. The number of halogens is 1. The Kier molecular flexibility index (Phi) is 4.79. The average molecular weight is 472 g/mol. The molecule has 1 aliphatic heterocycles. The Labute approximate surface area is 187 Å². The quantitative estimate of drug-likeness (QED) is 0.392. The molecule has 0 N–H and O–H groups in total. The van der Waals surface area contributed by atoms with Crippen LogP contribution in [0.3, 0.4) is 0 Å². The van der Waals surface area contributed by atoms with Crippen molar-refractivity contribution in [2.45, 2.75) is 6.92 Å². The molecule has 0 unspecified atom stereocenters. The monoisotopic (exact) mass is 471 g/mol. The predicted molar refractivity (Wildman–Crippen MR) is 127 cm³/mol. The van der Waals surface area contributed by atoms with Gasteiger partial charge >= 0.3 is 0 Å². The number of carbonyl (C=O) groups excluding carboxylic acids is 1. The normalized spacial score (nSPS) is 14.5. The molecule has 5 rings (SSSR count). The van der Waals surface area contributed by atoms with Crippen molar-refractivity contribution >= 4 is 50.1 Å². The SMILES string of the molecule is CCN1C(=O)C(=Cc2nc3ccccc3c(=O)n2-c2ccc(Br)cc2)c2ccccc21. The Balaban J connectivity index is 1.81. The number of likely N-dealkylation sites (N-methyl/N-ethyl adjacent to an activating group) is 1. The molecule has 31 heavy (non-hydrogen) atoms. The number of amides is 1. The minimum Gasteiger partial charge on any atom is -0.308 e. The Hall–Kier alpha value is -3.51. The highest BCUT2D eigenvalue weighted by atomic mass is 79.9. The Bertz CT molecular complexity index is 1420. The van der Waals surface area contributed by atoms with E-state index < -0.39 is 0 Å². The van der Waals surface area contributed by atoms with Crippen LogP contribution < -0.4 is 10.5 Å². The summed E-state index contributed by atoms with van der Waals surface area (Å²) in [5, 5.41) is 0.529. The largest absolute Gasteiger partial charge is 0.308 e. The summed E-state index contributed by atoms with van der Waals surface area (Å²) in [7, 11) is 0. The number of rotatable bonds is 3. The van der Waals surface area contributed by atoms with E-state index in [9.17, 15) is 9.59 Å². The van der Waals surface area contributed by atoms with Gasteiger partial charge in [-0.25, -0.2) is 4.98 Å². The first-order valence-electron chi connectivity index (χ1n) is 9.99. The first-order chi connectivity index (χ1) is 15.1. The summed E-state index contributed by atoms with van der Waals surface area (Å²) in [6.07, 6.45) is 1.73. The Morgan fingerprint density at radius 3 is 2.42 bits per heavy atom. The van der Waals surface area contributed by atoms with Gasteiger partial charge in [0.05, 0.1) is 27.9 Å². The van der Waals surface area contributed by atoms with Crippen LogP contribution in [0.4, 0.5) is 5.69 Å². The molecular weight excluding hydrogens is 454 g/mol. The Morgan fingerprint density at radius 2 is 1.65 bits per heavy atom. The standard InChI is InChI=1S/C25H18BrN3O2/c1-2-28-22-10-6-4-7-18(22)20(24(28)30)15-23-27-21-9-5-3-8-19(21)25(31)29(23)17-13-11-16(26)12-14-17/h3-15H,2H2,1H3. The van der Waals surface area contributed by atoms with Gasteiger partial charge in [0.15, 0.2) is 0 Å². The molecule has 1 amide bonds. The van der Waals surface area contributed by atoms with E-state index in [2.05, 4.69) is 15.9 Å². The topological polar surface area (TPSA) is 55.2 Å². The van der Waals surface area contributed by atoms with Crippen molar-refractivity contribution in [1.29, 1.82) is 0 Å². The van der Waals surface area contributed by atoms with E-state index in [1.807, 2.05) is 73.7 Å². The zero-order valence-corrected chi connectivity index (χ0v) is 18.3. The lowest BCUT2D eigenvalue weighted by molar-refractivity contribution is -0.112. The number of fused-ring (bicyclic) bond motifs is 2. The molecule has 152 valence electrons. The van der Waals surface area contributed by atoms with Gasteiger partial charge < -0.3 is 4.90 Å². The van der Waals surface area contributed by atoms with Gasteiger partial charge in [-0.1, -0.05) is 46.3 Å². The van der Waals surface area contributed by atoms with Gasteiger partial charge in [-0.2, -0.15) is 0 Å². The van der Waals surface area contributed by atoms with Crippen molar-refractivity contribution in [2.24, 2.45) is 0 Å². The summed E-state index contributed by atoms with van der Waals surface area (Å²) in [5.74, 6) is 0.329. The molecule has 0 aliphatic carbocycles. The number of para-hydroxylation sites is 2. The van der Waals surface area contributed by atoms with Crippen LogP contribution >= 0.6 is 15.9 Å². The zero-order chi connectivity index (χ0) is 21.5. The van der Waals surface area contributed by atoms with Crippen LogP contribution in [-0.4, -0.2) is 22.0 Å². The van der Waals surface area contributed by atoms with E-state index in [4.69, 9.17) is 4.98 Å². The first kappa shape index (κ1) is 19.5. The van der Waals surface area contributed by atoms with Crippen LogP contribution in [0.2, 0.25) is 0 Å². The fraction of sp³-hybridized carbons (Fsp3) is 0.0800. The maximum Gasteiger partial charge on any atom is 0.266 e. The average Bonchev–Trinajstić information content (AvgIpc) is 3.06. The number of nitrogens with zero attached hydrogens (tertiary/aromatic N) is 3. The molecule has 0 bridgehead atoms. The zero-order valence-electron chi connectivity index (χ0n) is 16.7. The summed E-state index contributed by atoms with van der Waals surface area (Å²) in [4.78, 5) is 33.1. The third-order valence-corrected chi connectivity index (χ3v) is 5.97. The third-order valence-electron chi connectivity index (χ3n) is 5.44. The molecular formula is C25H18BrN3O2. The van der Waals surface area contributed by atoms with Gasteiger partial charge in [0, 0.05) is 16.6 Å². The van der Waals surface area contributed by atoms with Crippen LogP contribution in [0.15, 0.2) is 82.1 Å². The molecule has 0 radical (unpaired) electrons. The van der Waals surface area contributed by atoms with Crippen LogP contribution in [-0.2, 0) is 4.79 Å². The third kappa shape index (κ3) is 3.20. The summed E-state index contributed by atoms with van der Waals surface area (Å²) >= 11 is 3.44. The maximum absolute atomic E-state index is 13.4. The Morgan fingerprint density at radius 1 is 0.935 bits per heavy atom. The maximum atomic E-state index is 13.4. The van der Waals surface area contributed by atoms with Gasteiger partial charge in [0.25, 0.3) is 11.5 Å². The molecule has 5 nitrogen and oxygen atoms in total. The fourth-order valence-electron chi connectivity index (χ4n) is 3.98.